The van der Waals surface area contributed by atoms with E-state index in [9.17, 15) is 71.9 Å². The van der Waals surface area contributed by atoms with Gasteiger partial charge >= 0.3 is 13.9 Å². The van der Waals surface area contributed by atoms with E-state index in [1.165, 1.54) is 20.8 Å². The molecule has 0 saturated carbocycles. The molecule has 502 valence electrons. The number of piperidine rings is 1. The maximum atomic E-state index is 14.9. The normalized spacial score (nSPS) is 19.5. The van der Waals surface area contributed by atoms with Crippen LogP contribution in [0.15, 0.2) is 72.8 Å². The molecule has 3 aromatic rings. The fraction of sp³-hybridized carbons (Fsp3) is 0.541. The summed E-state index contributed by atoms with van der Waals surface area (Å²) in [6, 6.07) is 9.79. The third kappa shape index (κ3) is 22.9. The molecule has 3 heterocycles. The Morgan fingerprint density at radius 3 is 1.99 bits per heavy atom. The molecule has 6 rings (SSSR count). The van der Waals surface area contributed by atoms with Crippen LogP contribution < -0.4 is 64.6 Å². The first-order valence-electron chi connectivity index (χ1n) is 30.8. The molecule has 3 aliphatic heterocycles. The number of unbranched alkanes of at least 4 members (excludes halogenated alkanes) is 2. The lowest BCUT2D eigenvalue weighted by Crippen LogP contribution is -2.63. The Labute approximate surface area is 537 Å². The summed E-state index contributed by atoms with van der Waals surface area (Å²) >= 11 is 1.81. The highest BCUT2D eigenvalue weighted by molar-refractivity contribution is 8.00. The number of urea groups is 1. The molecule has 31 heteroatoms. The average molecular weight is 1320 g/mol. The van der Waals surface area contributed by atoms with Crippen molar-refractivity contribution in [2.45, 2.75) is 189 Å². The van der Waals surface area contributed by atoms with Gasteiger partial charge in [-0.2, -0.15) is 11.8 Å². The van der Waals surface area contributed by atoms with E-state index in [2.05, 4.69) is 53.2 Å². The summed E-state index contributed by atoms with van der Waals surface area (Å²) in [5.41, 5.74) is 12.0. The molecule has 3 aliphatic rings. The lowest BCUT2D eigenvalue weighted by Gasteiger charge is -2.39. The molecule has 3 aromatic carbocycles. The summed E-state index contributed by atoms with van der Waals surface area (Å²) in [5.74, 6) is -7.74. The molecule has 3 saturated heterocycles. The zero-order valence-corrected chi connectivity index (χ0v) is 53.7. The number of thioether (sulfide) groups is 1. The fourth-order valence-corrected chi connectivity index (χ4v) is 13.3. The maximum Gasteiger partial charge on any atom is 0.469 e. The van der Waals surface area contributed by atoms with E-state index in [0.717, 1.165) is 41.2 Å². The van der Waals surface area contributed by atoms with Gasteiger partial charge < -0.3 is 79.3 Å². The smallest absolute Gasteiger partial charge is 0.370 e. The lowest BCUT2D eigenvalue weighted by atomic mass is 9.97. The van der Waals surface area contributed by atoms with Crippen LogP contribution >= 0.6 is 19.6 Å². The molecule has 0 bridgehead atoms. The second-order valence-electron chi connectivity index (χ2n) is 23.4. The quantitative estimate of drug-likeness (QED) is 0.0205. The van der Waals surface area contributed by atoms with Crippen LogP contribution in [-0.2, 0) is 74.7 Å². The number of amides is 13. The molecule has 92 heavy (non-hydrogen) atoms. The number of carbonyl (C=O) groups is 12. The number of hydrogen-bond acceptors (Lipinski definition) is 15. The zero-order valence-electron chi connectivity index (χ0n) is 51.9. The third-order valence-electron chi connectivity index (χ3n) is 16.1. The van der Waals surface area contributed by atoms with Crippen molar-refractivity contribution in [1.29, 1.82) is 0 Å². The van der Waals surface area contributed by atoms with Crippen molar-refractivity contribution >= 4 is 101 Å². The third-order valence-corrected chi connectivity index (χ3v) is 18.2. The Hall–Kier alpha value is -8.18. The van der Waals surface area contributed by atoms with Crippen LogP contribution in [0.2, 0.25) is 0 Å². The minimum absolute atomic E-state index is 0.0156. The largest absolute Gasteiger partial charge is 0.469 e. The van der Waals surface area contributed by atoms with Gasteiger partial charge in [0.25, 0.3) is 0 Å². The van der Waals surface area contributed by atoms with E-state index in [4.69, 9.17) is 16.0 Å². The first-order valence-corrected chi connectivity index (χ1v) is 33.4. The van der Waals surface area contributed by atoms with E-state index in [1.54, 1.807) is 42.5 Å². The van der Waals surface area contributed by atoms with Gasteiger partial charge in [0.15, 0.2) is 0 Å². The SMILES string of the molecule is CC(=O)N[C@@H](CCCCNC(=O)CCCC[C@@H]1SC[C@@H]2NC(=O)N[C@@H]21)C(=O)N[C@@H](C)C(=O)N[C@@H](C)C(=O)N[C@@H](Cc1ccccc1)C(=O)N[C@@H](C(=O)N1CCCC[C@H]1C(=O)N[C@@H](Cc1ccc2ccccc2c1)C(=O)N[C@@H](CCC(N)=O)C(N)=O)[C@@H](C)OP(=O)(O)O. The Balaban J connectivity index is 1.08. The van der Waals surface area contributed by atoms with Crippen molar-refractivity contribution in [3.63, 3.8) is 0 Å². The van der Waals surface area contributed by atoms with Crippen molar-refractivity contribution < 1.29 is 76.4 Å². The van der Waals surface area contributed by atoms with Crippen LogP contribution in [0.25, 0.3) is 10.8 Å². The molecule has 0 aromatic heterocycles. The van der Waals surface area contributed by atoms with Gasteiger partial charge in [-0.05, 0) is 100 Å². The lowest BCUT2D eigenvalue weighted by molar-refractivity contribution is -0.148. The number of primary amides is 2. The number of carbonyl (C=O) groups excluding carboxylic acids is 12. The predicted octanol–water partition coefficient (Wildman–Crippen LogP) is -0.280. The summed E-state index contributed by atoms with van der Waals surface area (Å²) < 4.78 is 17.3. The molecule has 0 aliphatic carbocycles. The number of benzene rings is 3. The number of likely N-dealkylation sites (tertiary alicyclic amines) is 1. The Morgan fingerprint density at radius 1 is 0.674 bits per heavy atom. The van der Waals surface area contributed by atoms with Gasteiger partial charge in [0.2, 0.25) is 65.0 Å². The fourth-order valence-electron chi connectivity index (χ4n) is 11.2. The van der Waals surface area contributed by atoms with Gasteiger partial charge in [0, 0.05) is 56.7 Å². The van der Waals surface area contributed by atoms with Crippen LogP contribution in [-0.4, -0.2) is 176 Å². The molecule has 12 atom stereocenters. The van der Waals surface area contributed by atoms with Crippen LogP contribution in [0.4, 0.5) is 4.79 Å². The molecular weight excluding hydrogens is 1230 g/mol. The second kappa shape index (κ2) is 35.0. The van der Waals surface area contributed by atoms with E-state index >= 15 is 0 Å². The molecule has 16 N–H and O–H groups in total. The number of rotatable bonds is 35. The van der Waals surface area contributed by atoms with Gasteiger partial charge in [-0.3, -0.25) is 57.3 Å². The van der Waals surface area contributed by atoms with E-state index < -0.39 is 121 Å². The predicted molar refractivity (Wildman–Crippen MR) is 339 cm³/mol. The number of nitrogens with two attached hydrogens (primary N) is 2. The molecular formula is C61H86N13O16PS. The topological polar surface area (TPSA) is 447 Å². The molecule has 13 amide bonds. The summed E-state index contributed by atoms with van der Waals surface area (Å²) in [6.07, 6.45) is 1.81. The monoisotopic (exact) mass is 1320 g/mol. The summed E-state index contributed by atoms with van der Waals surface area (Å²) in [7, 11) is -5.40. The number of nitrogens with one attached hydrogen (secondary N) is 10. The molecule has 29 nitrogen and oxygen atoms in total. The average Bonchev–Trinajstić information content (AvgIpc) is 1.28. The van der Waals surface area contributed by atoms with Crippen LogP contribution in [0.5, 0.6) is 0 Å². The van der Waals surface area contributed by atoms with Crippen LogP contribution in [0, 0.1) is 0 Å². The van der Waals surface area contributed by atoms with Crippen molar-refractivity contribution in [3.8, 4) is 0 Å². The summed E-state index contributed by atoms with van der Waals surface area (Å²) in [4.78, 5) is 181. The van der Waals surface area contributed by atoms with Gasteiger partial charge in [0.1, 0.15) is 48.3 Å². The minimum atomic E-state index is -5.40. The molecule has 0 spiro atoms. The Kier molecular flexibility index (Phi) is 27.7. The first kappa shape index (κ1) is 72.9. The standard InChI is InChI=1S/C61H86N13O16PS/c1-34(66-56(81)43(67-37(4)75)20-12-14-28-64-50(77)23-11-10-22-48-52-46(33-92-48)71-61(86)73-52)54(79)65-35(2)55(80)69-44(31-38-16-6-5-7-17-38)58(83)72-51(36(3)90-91(87,88)89)60(85)74-29-15-13-21-47(74)59(84)70-45(57(82)68-42(53(63)78)26-27-49(62)76)32-39-24-25-40-18-8-9-19-41(40)30-39/h5-9,16-19,24-25,30,34-36,42-48,51-52H,10-15,20-23,26-29,31-33H2,1-4H3,(H2,62,76)(H2,63,78)(H,64,77)(H,65,79)(H,66,81)(H,67,75)(H,68,82)(H,69,80)(H,70,84)(H,72,83)(H2,71,73,86)(H2,87,88,89)/t34-,35-,36+,42-,43-,44-,45-,46-,47-,48-,51+,52-/m0/s1. The summed E-state index contributed by atoms with van der Waals surface area (Å²) in [5, 5.41) is 28.7. The highest BCUT2D eigenvalue weighted by Gasteiger charge is 2.44. The zero-order chi connectivity index (χ0) is 67.2. The minimum Gasteiger partial charge on any atom is -0.370 e. The number of fused-ring (bicyclic) bond motifs is 2. The van der Waals surface area contributed by atoms with Crippen LogP contribution in [0.3, 0.4) is 0 Å². The number of hydrogen-bond donors (Lipinski definition) is 14. The van der Waals surface area contributed by atoms with E-state index in [0.29, 0.717) is 61.4 Å². The van der Waals surface area contributed by atoms with Gasteiger partial charge in [-0.15, -0.1) is 0 Å². The number of nitrogens with zero attached hydrogens (tertiary/aromatic N) is 1. The number of phosphoric acid groups is 1. The van der Waals surface area contributed by atoms with Crippen molar-refractivity contribution in [3.05, 3.63) is 83.9 Å². The molecule has 0 unspecified atom stereocenters. The van der Waals surface area contributed by atoms with E-state index in [1.807, 2.05) is 42.1 Å². The maximum absolute atomic E-state index is 14.9. The Bertz CT molecular complexity index is 3200. The summed E-state index contributed by atoms with van der Waals surface area (Å²) in [6.45, 7) is 5.20. The highest BCUT2D eigenvalue weighted by atomic mass is 32.2. The van der Waals surface area contributed by atoms with Gasteiger partial charge in [0.05, 0.1) is 18.2 Å². The van der Waals surface area contributed by atoms with Crippen molar-refractivity contribution in [1.82, 2.24) is 58.1 Å². The Morgan fingerprint density at radius 2 is 1.30 bits per heavy atom. The molecule has 3 fully saturated rings. The number of phosphoric ester groups is 1. The van der Waals surface area contributed by atoms with Crippen molar-refractivity contribution in [2.24, 2.45) is 11.5 Å². The van der Waals surface area contributed by atoms with Gasteiger partial charge in [-0.25, -0.2) is 9.36 Å². The van der Waals surface area contributed by atoms with Crippen LogP contribution in [0.1, 0.15) is 116 Å². The molecule has 0 radical (unpaired) electrons. The second-order valence-corrected chi connectivity index (χ2v) is 25.9. The first-order chi connectivity index (χ1) is 43.7. The van der Waals surface area contributed by atoms with E-state index in [-0.39, 0.29) is 69.1 Å². The van der Waals surface area contributed by atoms with Gasteiger partial charge in [-0.1, -0.05) is 79.2 Å². The van der Waals surface area contributed by atoms with Crippen molar-refractivity contribution in [2.75, 3.05) is 18.8 Å². The highest BCUT2D eigenvalue weighted by Crippen LogP contribution is 2.39.